The van der Waals surface area contributed by atoms with Gasteiger partial charge in [0, 0.05) is 0 Å². The number of unbranched alkanes of at least 4 members (excludes halogenated alkanes) is 17. The summed E-state index contributed by atoms with van der Waals surface area (Å²) in [6.07, 6.45) is 25.2. The molecule has 7 nitrogen and oxygen atoms in total. The van der Waals surface area contributed by atoms with E-state index in [2.05, 4.69) is 31.3 Å². The van der Waals surface area contributed by atoms with E-state index in [1.165, 1.54) is 77.0 Å². The van der Waals surface area contributed by atoms with Gasteiger partial charge in [-0.3, -0.25) is 9.35 Å². The maximum atomic E-state index is 12.5. The van der Waals surface area contributed by atoms with Crippen LogP contribution in [0.5, 0.6) is 0 Å². The summed E-state index contributed by atoms with van der Waals surface area (Å²) in [4.78, 5) is 12.5. The molecule has 0 saturated carbocycles. The third-order valence-electron chi connectivity index (χ3n) is 7.33. The summed E-state index contributed by atoms with van der Waals surface area (Å²) in [7, 11) is -4.40. The minimum Gasteiger partial charge on any atom is -0.391 e. The Kier molecular flexibility index (Phi) is 25.3. The quantitative estimate of drug-likeness (QED) is 0.0442. The molecule has 0 saturated heterocycles. The van der Waals surface area contributed by atoms with Crippen LogP contribution in [0.4, 0.5) is 0 Å². The van der Waals surface area contributed by atoms with E-state index in [9.17, 15) is 28.0 Å². The molecule has 1 amide bonds. The minimum absolute atomic E-state index is 0.268. The van der Waals surface area contributed by atoms with E-state index < -0.39 is 40.0 Å². The van der Waals surface area contributed by atoms with Gasteiger partial charge in [-0.15, -0.1) is 0 Å². The third kappa shape index (κ3) is 25.7. The summed E-state index contributed by atoms with van der Waals surface area (Å²) in [5, 5.41) is 23.2. The minimum atomic E-state index is -4.40. The molecule has 0 heterocycles. The predicted octanol–water partition coefficient (Wildman–Crippen LogP) is 7.26. The third-order valence-corrected chi connectivity index (χ3v) is 8.11. The van der Waals surface area contributed by atoms with Gasteiger partial charge < -0.3 is 15.5 Å². The van der Waals surface area contributed by atoms with Crippen molar-refractivity contribution in [1.82, 2.24) is 5.32 Å². The van der Waals surface area contributed by atoms with Gasteiger partial charge in [-0.25, -0.2) is 0 Å². The van der Waals surface area contributed by atoms with E-state index in [0.29, 0.717) is 19.3 Å². The molecule has 0 aliphatic heterocycles. The highest BCUT2D eigenvalue weighted by Gasteiger charge is 2.28. The first-order valence-electron chi connectivity index (χ1n) is 16.0. The molecule has 0 aromatic rings. The summed E-state index contributed by atoms with van der Waals surface area (Å²) >= 11 is 0. The van der Waals surface area contributed by atoms with Crippen LogP contribution in [0.1, 0.15) is 155 Å². The highest BCUT2D eigenvalue weighted by Crippen LogP contribution is 2.14. The predicted molar refractivity (Wildman–Crippen MR) is 162 cm³/mol. The molecule has 0 aliphatic carbocycles. The monoisotopic (exact) mass is 575 g/mol. The largest absolute Gasteiger partial charge is 0.391 e. The van der Waals surface area contributed by atoms with E-state index in [0.717, 1.165) is 38.5 Å². The van der Waals surface area contributed by atoms with Crippen molar-refractivity contribution < 1.29 is 28.0 Å². The van der Waals surface area contributed by atoms with Crippen molar-refractivity contribution in [2.45, 2.75) is 173 Å². The topological polar surface area (TPSA) is 124 Å². The van der Waals surface area contributed by atoms with Gasteiger partial charge in [0.1, 0.15) is 6.10 Å². The second-order valence-corrected chi connectivity index (χ2v) is 12.7. The Morgan fingerprint density at radius 3 is 1.56 bits per heavy atom. The van der Waals surface area contributed by atoms with Crippen molar-refractivity contribution in [2.75, 3.05) is 5.75 Å². The fraction of sp³-hybridized carbons (Fsp3) is 0.903. The van der Waals surface area contributed by atoms with E-state index in [-0.39, 0.29) is 6.42 Å². The normalized spacial score (nSPS) is 14.5. The van der Waals surface area contributed by atoms with Gasteiger partial charge >= 0.3 is 0 Å². The molecule has 0 bridgehead atoms. The fourth-order valence-electron chi connectivity index (χ4n) is 4.81. The number of hydrogen-bond acceptors (Lipinski definition) is 5. The Balaban J connectivity index is 4.19. The molecule has 0 radical (unpaired) electrons. The van der Waals surface area contributed by atoms with E-state index in [1.54, 1.807) is 0 Å². The first kappa shape index (κ1) is 38.0. The summed E-state index contributed by atoms with van der Waals surface area (Å²) in [6.45, 7) is 4.43. The summed E-state index contributed by atoms with van der Waals surface area (Å²) in [5.41, 5.74) is 0. The number of aliphatic hydroxyl groups excluding tert-OH is 2. The molecule has 3 atom stereocenters. The molecular formula is C31H61NO6S. The molecule has 4 N–H and O–H groups in total. The summed E-state index contributed by atoms with van der Waals surface area (Å²) in [5.74, 6) is -1.47. The molecule has 0 aliphatic rings. The van der Waals surface area contributed by atoms with Crippen molar-refractivity contribution in [3.8, 4) is 0 Å². The highest BCUT2D eigenvalue weighted by molar-refractivity contribution is 7.85. The SMILES string of the molecule is CCCCCCCC/C=C\CCCCC(O)C(=O)NC(CS(=O)(=O)O)C(O)CCCCCCCCCCCC. The maximum Gasteiger partial charge on any atom is 0.266 e. The lowest BCUT2D eigenvalue weighted by Crippen LogP contribution is -2.50. The molecule has 0 rings (SSSR count). The maximum absolute atomic E-state index is 12.5. The zero-order valence-electron chi connectivity index (χ0n) is 25.1. The highest BCUT2D eigenvalue weighted by atomic mass is 32.2. The average molecular weight is 576 g/mol. The Morgan fingerprint density at radius 2 is 1.08 bits per heavy atom. The molecule has 232 valence electrons. The molecule has 8 heteroatoms. The first-order valence-corrected chi connectivity index (χ1v) is 17.6. The molecule has 0 aromatic carbocycles. The van der Waals surface area contributed by atoms with Gasteiger partial charge in [0.2, 0.25) is 5.91 Å². The van der Waals surface area contributed by atoms with Crippen LogP contribution >= 0.6 is 0 Å². The second-order valence-electron chi connectivity index (χ2n) is 11.2. The zero-order chi connectivity index (χ0) is 29.2. The lowest BCUT2D eigenvalue weighted by atomic mass is 10.0. The van der Waals surface area contributed by atoms with Crippen LogP contribution in [-0.2, 0) is 14.9 Å². The van der Waals surface area contributed by atoms with Crippen LogP contribution in [-0.4, -0.2) is 53.1 Å². The second kappa shape index (κ2) is 26.0. The lowest BCUT2D eigenvalue weighted by molar-refractivity contribution is -0.131. The molecule has 0 fully saturated rings. The summed E-state index contributed by atoms with van der Waals surface area (Å²) < 4.78 is 32.2. The summed E-state index contributed by atoms with van der Waals surface area (Å²) in [6, 6.07) is -1.15. The van der Waals surface area contributed by atoms with Gasteiger partial charge in [-0.1, -0.05) is 129 Å². The van der Waals surface area contributed by atoms with Crippen molar-refractivity contribution in [1.29, 1.82) is 0 Å². The molecule has 0 aromatic heterocycles. The Labute approximate surface area is 240 Å². The lowest BCUT2D eigenvalue weighted by Gasteiger charge is -2.24. The van der Waals surface area contributed by atoms with Crippen molar-refractivity contribution in [3.63, 3.8) is 0 Å². The Morgan fingerprint density at radius 1 is 0.667 bits per heavy atom. The standard InChI is InChI=1S/C31H61NO6S/c1-3-5-7-9-11-13-15-16-18-20-22-24-26-30(34)31(35)32-28(27-39(36,37)38)29(33)25-23-21-19-17-14-12-10-8-6-4-2/h16,18,28-30,33-34H,3-15,17,19-27H2,1-2H3,(H,32,35)(H,36,37,38)/b18-16-. The number of carbonyl (C=O) groups excluding carboxylic acids is 1. The van der Waals surface area contributed by atoms with Gasteiger partial charge in [0.15, 0.2) is 0 Å². The van der Waals surface area contributed by atoms with Crippen LogP contribution < -0.4 is 5.32 Å². The average Bonchev–Trinajstić information content (AvgIpc) is 2.88. The van der Waals surface area contributed by atoms with Crippen LogP contribution in [0.2, 0.25) is 0 Å². The first-order chi connectivity index (χ1) is 18.7. The van der Waals surface area contributed by atoms with Gasteiger partial charge in [0.05, 0.1) is 17.9 Å². The number of nitrogens with one attached hydrogen (secondary N) is 1. The van der Waals surface area contributed by atoms with Crippen LogP contribution in [0, 0.1) is 0 Å². The van der Waals surface area contributed by atoms with Gasteiger partial charge in [0.25, 0.3) is 10.1 Å². The fourth-order valence-corrected chi connectivity index (χ4v) is 5.57. The van der Waals surface area contributed by atoms with Gasteiger partial charge in [-0.2, -0.15) is 8.42 Å². The van der Waals surface area contributed by atoms with E-state index in [1.807, 2.05) is 0 Å². The van der Waals surface area contributed by atoms with Crippen molar-refractivity contribution >= 4 is 16.0 Å². The Hall–Kier alpha value is -0.960. The van der Waals surface area contributed by atoms with Crippen LogP contribution in [0.15, 0.2) is 12.2 Å². The van der Waals surface area contributed by atoms with E-state index >= 15 is 0 Å². The number of hydrogen-bond donors (Lipinski definition) is 4. The molecule has 39 heavy (non-hydrogen) atoms. The van der Waals surface area contributed by atoms with Crippen molar-refractivity contribution in [2.24, 2.45) is 0 Å². The number of aliphatic hydroxyl groups is 2. The van der Waals surface area contributed by atoms with Crippen LogP contribution in [0.3, 0.4) is 0 Å². The number of amides is 1. The number of allylic oxidation sites excluding steroid dienone is 2. The van der Waals surface area contributed by atoms with Gasteiger partial charge in [-0.05, 0) is 38.5 Å². The molecule has 0 spiro atoms. The zero-order valence-corrected chi connectivity index (χ0v) is 25.9. The smallest absolute Gasteiger partial charge is 0.266 e. The van der Waals surface area contributed by atoms with E-state index in [4.69, 9.17) is 0 Å². The Bertz CT molecular complexity index is 697. The van der Waals surface area contributed by atoms with Crippen LogP contribution in [0.25, 0.3) is 0 Å². The molecule has 3 unspecified atom stereocenters. The van der Waals surface area contributed by atoms with Crippen molar-refractivity contribution in [3.05, 3.63) is 12.2 Å². The number of rotatable bonds is 28. The number of carbonyl (C=O) groups is 1. The molecular weight excluding hydrogens is 514 g/mol.